The normalized spacial score (nSPS) is 34.9. The Morgan fingerprint density at radius 3 is 2.47 bits per heavy atom. The molecule has 2 fully saturated rings. The summed E-state index contributed by atoms with van der Waals surface area (Å²) in [4.78, 5) is 0. The summed E-state index contributed by atoms with van der Waals surface area (Å²) in [5.41, 5.74) is 0. The Morgan fingerprint density at radius 2 is 1.80 bits per heavy atom. The van der Waals surface area contributed by atoms with Crippen LogP contribution in [0.1, 0.15) is 44.9 Å². The summed E-state index contributed by atoms with van der Waals surface area (Å²) in [5.74, 6) is 0.374. The van der Waals surface area contributed by atoms with E-state index in [4.69, 9.17) is 5.26 Å². The van der Waals surface area contributed by atoms with E-state index in [0.29, 0.717) is 12.3 Å². The zero-order valence-electron chi connectivity index (χ0n) is 9.32. The molecular weight excluding hydrogens is 188 g/mol. The second kappa shape index (κ2) is 4.51. The Hall–Kier alpha value is -0.590. The molecule has 3 heteroatoms. The highest BCUT2D eigenvalue weighted by Gasteiger charge is 2.39. The summed E-state index contributed by atoms with van der Waals surface area (Å²) in [7, 11) is 0. The van der Waals surface area contributed by atoms with Crippen LogP contribution in [-0.4, -0.2) is 23.8 Å². The minimum atomic E-state index is 0.0202. The van der Waals surface area contributed by atoms with Crippen molar-refractivity contribution in [2.45, 2.75) is 51.0 Å². The van der Waals surface area contributed by atoms with E-state index in [1.165, 1.54) is 12.8 Å². The van der Waals surface area contributed by atoms with Crippen LogP contribution in [0.3, 0.4) is 0 Å². The van der Waals surface area contributed by atoms with Gasteiger partial charge in [-0.1, -0.05) is 6.42 Å². The number of hydroxylamine groups is 3. The molecule has 84 valence electrons. The lowest BCUT2D eigenvalue weighted by molar-refractivity contribution is -0.899. The molecule has 1 aliphatic carbocycles. The maximum atomic E-state index is 12.6. The van der Waals surface area contributed by atoms with Crippen LogP contribution in [0.4, 0.5) is 0 Å². The van der Waals surface area contributed by atoms with Gasteiger partial charge in [0.25, 0.3) is 0 Å². The van der Waals surface area contributed by atoms with E-state index in [1.54, 1.807) is 0 Å². The fraction of sp³-hybridized carbons (Fsp3) is 0.917. The lowest BCUT2D eigenvalue weighted by atomic mass is 9.81. The molecule has 1 aliphatic heterocycles. The van der Waals surface area contributed by atoms with Crippen LogP contribution in [0, 0.1) is 22.5 Å². The highest BCUT2D eigenvalue weighted by atomic mass is 16.5. The molecule has 0 bridgehead atoms. The highest BCUT2D eigenvalue weighted by Crippen LogP contribution is 2.36. The van der Waals surface area contributed by atoms with E-state index in [-0.39, 0.29) is 10.7 Å². The van der Waals surface area contributed by atoms with E-state index in [9.17, 15) is 5.21 Å². The Kier molecular flexibility index (Phi) is 3.28. The molecule has 0 N–H and O–H groups in total. The molecule has 0 aromatic carbocycles. The fourth-order valence-corrected chi connectivity index (χ4v) is 3.37. The van der Waals surface area contributed by atoms with Gasteiger partial charge in [-0.2, -0.15) is 5.26 Å². The van der Waals surface area contributed by atoms with Crippen molar-refractivity contribution in [2.24, 2.45) is 5.92 Å². The van der Waals surface area contributed by atoms with Crippen molar-refractivity contribution < 1.29 is 4.65 Å². The molecule has 2 rings (SSSR count). The topological polar surface area (TPSA) is 46.8 Å². The van der Waals surface area contributed by atoms with Gasteiger partial charge in [0, 0.05) is 31.6 Å². The zero-order valence-corrected chi connectivity index (χ0v) is 9.32. The van der Waals surface area contributed by atoms with Gasteiger partial charge < -0.3 is 9.85 Å². The van der Waals surface area contributed by atoms with Crippen molar-refractivity contribution in [2.75, 3.05) is 13.1 Å². The lowest BCUT2D eigenvalue weighted by Crippen LogP contribution is -2.53. The first-order chi connectivity index (χ1) is 7.26. The monoisotopic (exact) mass is 208 g/mol. The van der Waals surface area contributed by atoms with Crippen molar-refractivity contribution in [1.29, 1.82) is 5.26 Å². The Morgan fingerprint density at radius 1 is 1.13 bits per heavy atom. The van der Waals surface area contributed by atoms with Crippen molar-refractivity contribution in [1.82, 2.24) is 0 Å². The molecule has 1 saturated carbocycles. The second-order valence-electron chi connectivity index (χ2n) is 5.08. The molecule has 0 spiro atoms. The van der Waals surface area contributed by atoms with Crippen LogP contribution in [-0.2, 0) is 0 Å². The number of nitriles is 1. The summed E-state index contributed by atoms with van der Waals surface area (Å²) < 4.78 is 0.0202. The van der Waals surface area contributed by atoms with Gasteiger partial charge in [-0.3, -0.25) is 0 Å². The van der Waals surface area contributed by atoms with E-state index in [1.807, 2.05) is 0 Å². The molecule has 1 saturated heterocycles. The maximum absolute atomic E-state index is 12.6. The van der Waals surface area contributed by atoms with Crippen molar-refractivity contribution in [3.63, 3.8) is 0 Å². The molecule has 1 heterocycles. The van der Waals surface area contributed by atoms with E-state index in [0.717, 1.165) is 38.8 Å². The molecule has 2 atom stereocenters. The van der Waals surface area contributed by atoms with E-state index < -0.39 is 0 Å². The summed E-state index contributed by atoms with van der Waals surface area (Å²) in [6.07, 6.45) is 7.31. The Labute approximate surface area is 91.9 Å². The van der Waals surface area contributed by atoms with Gasteiger partial charge in [0.2, 0.25) is 0 Å². The minimum Gasteiger partial charge on any atom is -0.633 e. The average Bonchev–Trinajstić information content (AvgIpc) is 2.68. The third kappa shape index (κ3) is 2.16. The third-order valence-electron chi connectivity index (χ3n) is 4.15. The van der Waals surface area contributed by atoms with Gasteiger partial charge in [-0.15, -0.1) is 0 Å². The predicted octanol–water partition coefficient (Wildman–Crippen LogP) is 2.57. The molecule has 2 aliphatic rings. The fourth-order valence-electron chi connectivity index (χ4n) is 3.37. The first-order valence-electron chi connectivity index (χ1n) is 6.21. The van der Waals surface area contributed by atoms with Crippen LogP contribution < -0.4 is 0 Å². The second-order valence-corrected chi connectivity index (χ2v) is 5.08. The lowest BCUT2D eigenvalue weighted by Gasteiger charge is -2.50. The number of quaternary nitrogens is 1. The van der Waals surface area contributed by atoms with Crippen molar-refractivity contribution >= 4 is 0 Å². The van der Waals surface area contributed by atoms with Crippen molar-refractivity contribution in [3.8, 4) is 6.07 Å². The Balaban J connectivity index is 2.06. The summed E-state index contributed by atoms with van der Waals surface area (Å²) >= 11 is 0. The molecule has 0 radical (unpaired) electrons. The van der Waals surface area contributed by atoms with Crippen LogP contribution in [0.2, 0.25) is 0 Å². The number of hydrogen-bond acceptors (Lipinski definition) is 2. The standard InChI is InChI=1S/C12H20N2O/c13-8-7-11-5-1-2-6-12(11)14(15)9-3-4-10-14/h11-12H,1-7,9-10H2/t11-,12-/m1/s1. The molecule has 0 aromatic heterocycles. The van der Waals surface area contributed by atoms with Gasteiger partial charge >= 0.3 is 0 Å². The van der Waals surface area contributed by atoms with Gasteiger partial charge in [0.05, 0.1) is 25.2 Å². The highest BCUT2D eigenvalue weighted by molar-refractivity contribution is 4.85. The minimum absolute atomic E-state index is 0.0202. The average molecular weight is 208 g/mol. The predicted molar refractivity (Wildman–Crippen MR) is 58.6 cm³/mol. The van der Waals surface area contributed by atoms with Gasteiger partial charge in [0.1, 0.15) is 0 Å². The molecule has 0 aromatic rings. The summed E-state index contributed by atoms with van der Waals surface area (Å²) in [6, 6.07) is 2.50. The quantitative estimate of drug-likeness (QED) is 0.517. The van der Waals surface area contributed by atoms with E-state index >= 15 is 0 Å². The number of likely N-dealkylation sites (tertiary alicyclic amines) is 1. The van der Waals surface area contributed by atoms with Crippen LogP contribution in [0.15, 0.2) is 0 Å². The molecule has 15 heavy (non-hydrogen) atoms. The summed E-state index contributed by atoms with van der Waals surface area (Å²) in [5, 5.41) is 21.4. The van der Waals surface area contributed by atoms with Gasteiger partial charge in [-0.05, 0) is 12.8 Å². The zero-order chi connectivity index (χ0) is 10.7. The molecule has 0 amide bonds. The van der Waals surface area contributed by atoms with E-state index in [2.05, 4.69) is 6.07 Å². The third-order valence-corrected chi connectivity index (χ3v) is 4.15. The van der Waals surface area contributed by atoms with Crippen LogP contribution in [0.25, 0.3) is 0 Å². The van der Waals surface area contributed by atoms with Crippen LogP contribution >= 0.6 is 0 Å². The first-order valence-corrected chi connectivity index (χ1v) is 6.21. The number of nitrogens with zero attached hydrogens (tertiary/aromatic N) is 2. The maximum Gasteiger partial charge on any atom is 0.0925 e. The smallest absolute Gasteiger partial charge is 0.0925 e. The SMILES string of the molecule is N#CC[C@H]1CCCC[C@H]1[N+]1([O-])CCCC1. The Bertz CT molecular complexity index is 253. The van der Waals surface area contributed by atoms with Gasteiger partial charge in [0.15, 0.2) is 0 Å². The molecule has 3 nitrogen and oxygen atoms in total. The number of rotatable bonds is 2. The van der Waals surface area contributed by atoms with Gasteiger partial charge in [-0.25, -0.2) is 0 Å². The largest absolute Gasteiger partial charge is 0.633 e. The van der Waals surface area contributed by atoms with Crippen molar-refractivity contribution in [3.05, 3.63) is 5.21 Å². The first kappa shape index (κ1) is 10.9. The number of hydrogen-bond donors (Lipinski definition) is 0. The molecule has 0 unspecified atom stereocenters. The summed E-state index contributed by atoms with van der Waals surface area (Å²) in [6.45, 7) is 1.60. The van der Waals surface area contributed by atoms with Crippen LogP contribution in [0.5, 0.6) is 0 Å². The molecular formula is C12H20N2O.